The highest BCUT2D eigenvalue weighted by Crippen LogP contribution is 2.35. The van der Waals surface area contributed by atoms with Crippen LogP contribution in [0.15, 0.2) is 29.3 Å². The maximum atomic E-state index is 6.29. The number of aryl methyl sites for hydroxylation is 2. The Bertz CT molecular complexity index is 861. The first-order valence-corrected chi connectivity index (χ1v) is 10.7. The lowest BCUT2D eigenvalue weighted by Crippen LogP contribution is -2.48. The minimum absolute atomic E-state index is 0. The number of halogens is 2. The first kappa shape index (κ1) is 24.9. The van der Waals surface area contributed by atoms with Gasteiger partial charge in [0.25, 0.3) is 0 Å². The molecule has 2 aromatic rings. The number of rotatable bonds is 6. The number of nitrogens with one attached hydrogen (secondary N) is 2. The zero-order chi connectivity index (χ0) is 20.9. The highest BCUT2D eigenvalue weighted by Gasteiger charge is 2.34. The van der Waals surface area contributed by atoms with E-state index in [9.17, 15) is 0 Å². The minimum atomic E-state index is -0.0144. The maximum Gasteiger partial charge on any atom is 0.191 e. The summed E-state index contributed by atoms with van der Waals surface area (Å²) in [6.45, 7) is 9.92. The zero-order valence-electron chi connectivity index (χ0n) is 18.3. The summed E-state index contributed by atoms with van der Waals surface area (Å²) >= 11 is 6.29. The molecule has 1 aliphatic heterocycles. The molecule has 6 nitrogen and oxygen atoms in total. The summed E-state index contributed by atoms with van der Waals surface area (Å²) in [5.41, 5.74) is 4.61. The highest BCUT2D eigenvalue weighted by atomic mass is 127. The van der Waals surface area contributed by atoms with E-state index >= 15 is 0 Å². The molecule has 3 rings (SSSR count). The van der Waals surface area contributed by atoms with Gasteiger partial charge < -0.3 is 15.4 Å². The molecule has 0 unspecified atom stereocenters. The van der Waals surface area contributed by atoms with Crippen molar-refractivity contribution >= 4 is 41.5 Å². The van der Waals surface area contributed by atoms with Crippen LogP contribution in [0.25, 0.3) is 0 Å². The normalized spacial score (nSPS) is 16.1. The minimum Gasteiger partial charge on any atom is -0.381 e. The number of benzene rings is 1. The number of aliphatic imine (C=N–C) groups is 1. The van der Waals surface area contributed by atoms with Crippen LogP contribution in [0.5, 0.6) is 0 Å². The summed E-state index contributed by atoms with van der Waals surface area (Å²) in [7, 11) is 1.97. The van der Waals surface area contributed by atoms with E-state index in [1.807, 2.05) is 30.8 Å². The quantitative estimate of drug-likeness (QED) is 0.326. The maximum absolute atomic E-state index is 6.29. The van der Waals surface area contributed by atoms with Crippen molar-refractivity contribution in [2.24, 2.45) is 12.0 Å². The SMILES string of the molecule is CCNC(=NCc1c(C)nn(C)c1C)NCC1(c2cccc(Cl)c2)CCOCC1.I. The molecule has 1 aromatic heterocycles. The van der Waals surface area contributed by atoms with Crippen LogP contribution in [-0.2, 0) is 23.7 Å². The van der Waals surface area contributed by atoms with Crippen molar-refractivity contribution in [1.29, 1.82) is 0 Å². The molecule has 1 aromatic carbocycles. The van der Waals surface area contributed by atoms with Crippen LogP contribution in [0.4, 0.5) is 0 Å². The lowest BCUT2D eigenvalue weighted by molar-refractivity contribution is 0.0514. The second kappa shape index (κ2) is 11.3. The molecule has 0 amide bonds. The van der Waals surface area contributed by atoms with Crippen molar-refractivity contribution < 1.29 is 4.74 Å². The van der Waals surface area contributed by atoms with E-state index in [4.69, 9.17) is 21.3 Å². The summed E-state index contributed by atoms with van der Waals surface area (Å²) in [6, 6.07) is 8.21. The van der Waals surface area contributed by atoms with Crippen molar-refractivity contribution in [3.05, 3.63) is 51.8 Å². The largest absolute Gasteiger partial charge is 0.381 e. The van der Waals surface area contributed by atoms with Crippen LogP contribution in [-0.4, -0.2) is 42.0 Å². The summed E-state index contributed by atoms with van der Waals surface area (Å²) in [5.74, 6) is 0.822. The van der Waals surface area contributed by atoms with E-state index < -0.39 is 0 Å². The van der Waals surface area contributed by atoms with E-state index in [0.717, 1.165) is 61.5 Å². The van der Waals surface area contributed by atoms with Gasteiger partial charge in [0.1, 0.15) is 0 Å². The predicted octanol–water partition coefficient (Wildman–Crippen LogP) is 4.11. The molecule has 0 radical (unpaired) electrons. The van der Waals surface area contributed by atoms with Gasteiger partial charge in [-0.1, -0.05) is 23.7 Å². The number of aromatic nitrogens is 2. The second-order valence-corrected chi connectivity index (χ2v) is 8.16. The Hall–Kier alpha value is -1.32. The fourth-order valence-corrected chi connectivity index (χ4v) is 4.14. The highest BCUT2D eigenvalue weighted by molar-refractivity contribution is 14.0. The number of guanidine groups is 1. The molecule has 1 saturated heterocycles. The summed E-state index contributed by atoms with van der Waals surface area (Å²) in [5, 5.41) is 12.2. The lowest BCUT2D eigenvalue weighted by atomic mass is 9.74. The molecule has 1 fully saturated rings. The zero-order valence-corrected chi connectivity index (χ0v) is 21.4. The van der Waals surface area contributed by atoms with Gasteiger partial charge in [-0.2, -0.15) is 5.10 Å². The Kier molecular flexibility index (Phi) is 9.43. The summed E-state index contributed by atoms with van der Waals surface area (Å²) in [6.07, 6.45) is 1.92. The average molecular weight is 546 g/mol. The molecule has 0 bridgehead atoms. The molecule has 2 N–H and O–H groups in total. The summed E-state index contributed by atoms with van der Waals surface area (Å²) < 4.78 is 7.56. The second-order valence-electron chi connectivity index (χ2n) is 7.72. The van der Waals surface area contributed by atoms with Gasteiger partial charge in [0, 0.05) is 55.0 Å². The molecule has 0 spiro atoms. The van der Waals surface area contributed by atoms with Crippen molar-refractivity contribution in [3.8, 4) is 0 Å². The van der Waals surface area contributed by atoms with Gasteiger partial charge in [0.05, 0.1) is 12.2 Å². The molecule has 1 aliphatic rings. The number of ether oxygens (including phenoxy) is 1. The van der Waals surface area contributed by atoms with Gasteiger partial charge in [-0.3, -0.25) is 4.68 Å². The Balaban J connectivity index is 0.00000320. The smallest absolute Gasteiger partial charge is 0.191 e. The standard InChI is InChI=1S/C22H32ClN5O.HI/c1-5-24-21(25-14-20-16(2)27-28(4)17(20)3)26-15-22(9-11-29-12-10-22)18-7-6-8-19(23)13-18;/h6-8,13H,5,9-12,14-15H2,1-4H3,(H2,24,25,26);1H. The van der Waals surface area contributed by atoms with Gasteiger partial charge >= 0.3 is 0 Å². The molecule has 166 valence electrons. The Morgan fingerprint density at radius 1 is 1.27 bits per heavy atom. The Morgan fingerprint density at radius 2 is 2.00 bits per heavy atom. The van der Waals surface area contributed by atoms with Crippen molar-refractivity contribution in [2.45, 2.75) is 45.6 Å². The third-order valence-corrected chi connectivity index (χ3v) is 6.11. The summed E-state index contributed by atoms with van der Waals surface area (Å²) in [4.78, 5) is 4.83. The molecule has 8 heteroatoms. The van der Waals surface area contributed by atoms with Crippen molar-refractivity contribution in [3.63, 3.8) is 0 Å². The van der Waals surface area contributed by atoms with Gasteiger partial charge in [-0.25, -0.2) is 4.99 Å². The van der Waals surface area contributed by atoms with E-state index in [1.165, 1.54) is 11.1 Å². The van der Waals surface area contributed by atoms with Crippen molar-refractivity contribution in [1.82, 2.24) is 20.4 Å². The first-order valence-electron chi connectivity index (χ1n) is 10.3. The first-order chi connectivity index (χ1) is 13.9. The molecular formula is C22H33ClIN5O. The number of hydrogen-bond donors (Lipinski definition) is 2. The lowest BCUT2D eigenvalue weighted by Gasteiger charge is -2.38. The predicted molar refractivity (Wildman–Crippen MR) is 134 cm³/mol. The van der Waals surface area contributed by atoms with Crippen LogP contribution >= 0.6 is 35.6 Å². The Morgan fingerprint density at radius 3 is 2.60 bits per heavy atom. The number of hydrogen-bond acceptors (Lipinski definition) is 3. The van der Waals surface area contributed by atoms with Crippen LogP contribution < -0.4 is 10.6 Å². The fraction of sp³-hybridized carbons (Fsp3) is 0.545. The average Bonchev–Trinajstić information content (AvgIpc) is 2.96. The van der Waals surface area contributed by atoms with E-state index in [1.54, 1.807) is 0 Å². The van der Waals surface area contributed by atoms with Crippen LogP contribution in [0, 0.1) is 13.8 Å². The van der Waals surface area contributed by atoms with Gasteiger partial charge in [0.15, 0.2) is 5.96 Å². The Labute approximate surface area is 201 Å². The van der Waals surface area contributed by atoms with Crippen LogP contribution in [0.3, 0.4) is 0 Å². The number of nitrogens with zero attached hydrogens (tertiary/aromatic N) is 3. The van der Waals surface area contributed by atoms with E-state index in [2.05, 4.69) is 41.7 Å². The third kappa shape index (κ3) is 5.88. The monoisotopic (exact) mass is 545 g/mol. The molecular weight excluding hydrogens is 513 g/mol. The van der Waals surface area contributed by atoms with Crippen molar-refractivity contribution in [2.75, 3.05) is 26.3 Å². The van der Waals surface area contributed by atoms with E-state index in [-0.39, 0.29) is 29.4 Å². The van der Waals surface area contributed by atoms with Crippen LogP contribution in [0.2, 0.25) is 5.02 Å². The fourth-order valence-electron chi connectivity index (χ4n) is 3.95. The topological polar surface area (TPSA) is 63.5 Å². The van der Waals surface area contributed by atoms with Gasteiger partial charge in [-0.05, 0) is 51.3 Å². The molecule has 0 saturated carbocycles. The van der Waals surface area contributed by atoms with Gasteiger partial charge in [-0.15, -0.1) is 24.0 Å². The molecule has 0 atom stereocenters. The van der Waals surface area contributed by atoms with Gasteiger partial charge in [0.2, 0.25) is 0 Å². The molecule has 0 aliphatic carbocycles. The third-order valence-electron chi connectivity index (χ3n) is 5.88. The van der Waals surface area contributed by atoms with Crippen LogP contribution in [0.1, 0.15) is 42.3 Å². The van der Waals surface area contributed by atoms with E-state index in [0.29, 0.717) is 6.54 Å². The molecule has 2 heterocycles. The molecule has 30 heavy (non-hydrogen) atoms.